The van der Waals surface area contributed by atoms with Crippen LogP contribution in [0.2, 0.25) is 0 Å². The van der Waals surface area contributed by atoms with Crippen LogP contribution in [0, 0.1) is 0 Å². The van der Waals surface area contributed by atoms with E-state index in [2.05, 4.69) is 42.9 Å². The molecule has 2 aromatic heterocycles. The quantitative estimate of drug-likeness (QED) is 0.502. The summed E-state index contributed by atoms with van der Waals surface area (Å²) >= 11 is 0. The number of piperazine rings is 1. The van der Waals surface area contributed by atoms with E-state index in [1.165, 1.54) is 20.0 Å². The lowest BCUT2D eigenvalue weighted by molar-refractivity contribution is -0.119. The van der Waals surface area contributed by atoms with Gasteiger partial charge in [-0.05, 0) is 50.4 Å². The van der Waals surface area contributed by atoms with Gasteiger partial charge in [0.05, 0.1) is 18.2 Å². The molecule has 0 bridgehead atoms. The number of nitrogens with two attached hydrogens (primary N) is 1. The summed E-state index contributed by atoms with van der Waals surface area (Å²) in [5.41, 5.74) is 9.73. The van der Waals surface area contributed by atoms with Crippen LogP contribution < -0.4 is 15.8 Å². The number of carbonyl (C=O) groups excluding carboxylic acids is 1. The predicted molar refractivity (Wildman–Crippen MR) is 145 cm³/mol. The maximum absolute atomic E-state index is 12.0. The van der Waals surface area contributed by atoms with Crippen molar-refractivity contribution < 1.29 is 14.3 Å². The number of ether oxygens (including phenoxy) is 2. The maximum atomic E-state index is 12.0. The Hall–Kier alpha value is -3.21. The van der Waals surface area contributed by atoms with Gasteiger partial charge >= 0.3 is 0 Å². The van der Waals surface area contributed by atoms with Gasteiger partial charge in [-0.15, -0.1) is 0 Å². The van der Waals surface area contributed by atoms with Gasteiger partial charge in [0.2, 0.25) is 5.91 Å². The first-order chi connectivity index (χ1) is 18.0. The fraction of sp³-hybridized carbons (Fsp3) is 0.519. The highest BCUT2D eigenvalue weighted by Gasteiger charge is 2.30. The molecule has 1 aliphatic carbocycles. The van der Waals surface area contributed by atoms with Gasteiger partial charge in [0.1, 0.15) is 30.1 Å². The summed E-state index contributed by atoms with van der Waals surface area (Å²) in [6.07, 6.45) is 8.30. The van der Waals surface area contributed by atoms with Gasteiger partial charge in [-0.1, -0.05) is 6.07 Å². The van der Waals surface area contributed by atoms with E-state index in [9.17, 15) is 4.79 Å². The standard InChI is InChI=1S/C27H37N7O3/c1-32-10-12-33(13-11-32)19-5-7-20(8-6-19)34-15-21(25-26(28)29-17-30-27(25)34)18-4-9-22(23(14-18)37-3)31-24(35)16-36-2/h4,9,14-15,17,19-20H,5-8,10-13,16H2,1-3H3,(H,31,35)(H2,28,29,30). The Morgan fingerprint density at radius 1 is 1.08 bits per heavy atom. The predicted octanol–water partition coefficient (Wildman–Crippen LogP) is 3.01. The van der Waals surface area contributed by atoms with Crippen LogP contribution in [-0.2, 0) is 9.53 Å². The molecule has 1 aromatic carbocycles. The van der Waals surface area contributed by atoms with Crippen LogP contribution in [0.3, 0.4) is 0 Å². The van der Waals surface area contributed by atoms with E-state index in [1.807, 2.05) is 18.2 Å². The van der Waals surface area contributed by atoms with Crippen molar-refractivity contribution in [1.29, 1.82) is 0 Å². The SMILES string of the molecule is COCC(=O)Nc1ccc(-c2cn(C3CCC(N4CCN(C)CC4)CC3)c3ncnc(N)c23)cc1OC. The van der Waals surface area contributed by atoms with E-state index in [-0.39, 0.29) is 12.5 Å². The highest BCUT2D eigenvalue weighted by Crippen LogP contribution is 2.40. The average Bonchev–Trinajstić information content (AvgIpc) is 3.31. The van der Waals surface area contributed by atoms with Gasteiger partial charge in [-0.2, -0.15) is 0 Å². The molecule has 198 valence electrons. The van der Waals surface area contributed by atoms with Crippen molar-refractivity contribution in [2.75, 3.05) is 65.1 Å². The van der Waals surface area contributed by atoms with Crippen molar-refractivity contribution in [3.8, 4) is 16.9 Å². The molecule has 10 nitrogen and oxygen atoms in total. The number of nitrogens with one attached hydrogen (secondary N) is 1. The number of likely N-dealkylation sites (N-methyl/N-ethyl adjacent to an activating group) is 1. The molecule has 0 atom stereocenters. The Kier molecular flexibility index (Phi) is 7.59. The van der Waals surface area contributed by atoms with Gasteiger partial charge in [0, 0.05) is 57.1 Å². The molecule has 2 aliphatic rings. The molecule has 5 rings (SSSR count). The molecule has 1 amide bonds. The number of hydrogen-bond acceptors (Lipinski definition) is 8. The van der Waals surface area contributed by atoms with Crippen molar-refractivity contribution in [2.24, 2.45) is 0 Å². The van der Waals surface area contributed by atoms with E-state index < -0.39 is 0 Å². The topological polar surface area (TPSA) is 111 Å². The van der Waals surface area contributed by atoms with E-state index in [0.717, 1.165) is 61.2 Å². The molecule has 10 heteroatoms. The van der Waals surface area contributed by atoms with Crippen LogP contribution in [-0.4, -0.2) is 90.3 Å². The normalized spacial score (nSPS) is 21.3. The molecule has 0 spiro atoms. The Morgan fingerprint density at radius 3 is 2.51 bits per heavy atom. The van der Waals surface area contributed by atoms with Crippen LogP contribution in [0.4, 0.5) is 11.5 Å². The Balaban J connectivity index is 1.41. The smallest absolute Gasteiger partial charge is 0.250 e. The first-order valence-electron chi connectivity index (χ1n) is 13.0. The average molecular weight is 508 g/mol. The van der Waals surface area contributed by atoms with Crippen LogP contribution in [0.1, 0.15) is 31.7 Å². The molecule has 2 fully saturated rings. The lowest BCUT2D eigenvalue weighted by Crippen LogP contribution is -2.49. The number of rotatable bonds is 7. The number of amides is 1. The summed E-state index contributed by atoms with van der Waals surface area (Å²) in [6, 6.07) is 6.74. The van der Waals surface area contributed by atoms with Crippen LogP contribution >= 0.6 is 0 Å². The minimum atomic E-state index is -0.241. The lowest BCUT2D eigenvalue weighted by atomic mass is 9.89. The van der Waals surface area contributed by atoms with Gasteiger partial charge in [0.25, 0.3) is 0 Å². The number of aromatic nitrogens is 3. The molecular formula is C27H37N7O3. The number of carbonyl (C=O) groups is 1. The second kappa shape index (κ2) is 11.0. The van der Waals surface area contributed by atoms with Crippen LogP contribution in [0.25, 0.3) is 22.2 Å². The number of nitrogens with zero attached hydrogens (tertiary/aromatic N) is 5. The van der Waals surface area contributed by atoms with E-state index in [4.69, 9.17) is 15.2 Å². The maximum Gasteiger partial charge on any atom is 0.250 e. The molecule has 0 unspecified atom stereocenters. The first kappa shape index (κ1) is 25.4. The number of nitrogen functional groups attached to an aromatic ring is 1. The molecule has 0 radical (unpaired) electrons. The van der Waals surface area contributed by atoms with Gasteiger partial charge in [-0.3, -0.25) is 9.69 Å². The number of methoxy groups -OCH3 is 2. The monoisotopic (exact) mass is 507 g/mol. The largest absolute Gasteiger partial charge is 0.495 e. The second-order valence-corrected chi connectivity index (χ2v) is 10.1. The summed E-state index contributed by atoms with van der Waals surface area (Å²) in [5, 5.41) is 3.68. The van der Waals surface area contributed by atoms with E-state index in [0.29, 0.717) is 29.3 Å². The molecular weight excluding hydrogens is 470 g/mol. The zero-order chi connectivity index (χ0) is 25.9. The van der Waals surface area contributed by atoms with Gasteiger partial charge in [0.15, 0.2) is 0 Å². The number of benzene rings is 1. The Bertz CT molecular complexity index is 1240. The molecule has 37 heavy (non-hydrogen) atoms. The molecule has 1 saturated carbocycles. The zero-order valence-electron chi connectivity index (χ0n) is 21.9. The molecule has 3 N–H and O–H groups in total. The van der Waals surface area contributed by atoms with E-state index >= 15 is 0 Å². The summed E-state index contributed by atoms with van der Waals surface area (Å²) in [4.78, 5) is 26.1. The minimum absolute atomic E-state index is 0.0245. The highest BCUT2D eigenvalue weighted by molar-refractivity contribution is 6.01. The molecule has 3 heterocycles. The fourth-order valence-corrected chi connectivity index (χ4v) is 5.77. The number of hydrogen-bond donors (Lipinski definition) is 2. The first-order valence-corrected chi connectivity index (χ1v) is 13.0. The fourth-order valence-electron chi connectivity index (χ4n) is 5.77. The number of fused-ring (bicyclic) bond motifs is 1. The Morgan fingerprint density at radius 2 is 1.81 bits per heavy atom. The minimum Gasteiger partial charge on any atom is -0.495 e. The highest BCUT2D eigenvalue weighted by atomic mass is 16.5. The summed E-state index contributed by atoms with van der Waals surface area (Å²) in [6.45, 7) is 4.61. The van der Waals surface area contributed by atoms with Crippen LogP contribution in [0.15, 0.2) is 30.7 Å². The molecule has 1 aliphatic heterocycles. The molecule has 3 aromatic rings. The lowest BCUT2D eigenvalue weighted by Gasteiger charge is -2.41. The van der Waals surface area contributed by atoms with Crippen LogP contribution in [0.5, 0.6) is 5.75 Å². The van der Waals surface area contributed by atoms with Crippen molar-refractivity contribution >= 4 is 28.4 Å². The van der Waals surface area contributed by atoms with Gasteiger partial charge < -0.3 is 30.0 Å². The Labute approximate surface area is 217 Å². The van der Waals surface area contributed by atoms with Crippen molar-refractivity contribution in [3.63, 3.8) is 0 Å². The summed E-state index contributed by atoms with van der Waals surface area (Å²) in [5.74, 6) is 0.780. The van der Waals surface area contributed by atoms with E-state index in [1.54, 1.807) is 13.4 Å². The third-order valence-electron chi connectivity index (χ3n) is 7.81. The number of anilines is 2. The van der Waals surface area contributed by atoms with Gasteiger partial charge in [-0.25, -0.2) is 9.97 Å². The summed E-state index contributed by atoms with van der Waals surface area (Å²) in [7, 11) is 5.28. The zero-order valence-corrected chi connectivity index (χ0v) is 21.9. The van der Waals surface area contributed by atoms with Crippen molar-refractivity contribution in [2.45, 2.75) is 37.8 Å². The third-order valence-corrected chi connectivity index (χ3v) is 7.81. The van der Waals surface area contributed by atoms with Crippen molar-refractivity contribution in [3.05, 3.63) is 30.7 Å². The summed E-state index contributed by atoms with van der Waals surface area (Å²) < 4.78 is 12.8. The third kappa shape index (κ3) is 5.27. The second-order valence-electron chi connectivity index (χ2n) is 10.1. The molecule has 1 saturated heterocycles. The van der Waals surface area contributed by atoms with Crippen molar-refractivity contribution in [1.82, 2.24) is 24.3 Å².